The van der Waals surface area contributed by atoms with Gasteiger partial charge in [0.05, 0.1) is 30.0 Å². The summed E-state index contributed by atoms with van der Waals surface area (Å²) < 4.78 is 16.5. The van der Waals surface area contributed by atoms with Crippen molar-refractivity contribution >= 4 is 33.7 Å². The first-order valence-corrected chi connectivity index (χ1v) is 12.6. The lowest BCUT2D eigenvalue weighted by Crippen LogP contribution is -2.14. The summed E-state index contributed by atoms with van der Waals surface area (Å²) in [5, 5.41) is 6.27. The zero-order valence-electron chi connectivity index (χ0n) is 18.8. The summed E-state index contributed by atoms with van der Waals surface area (Å²) in [5.74, 6) is 2.19. The van der Waals surface area contributed by atoms with Crippen LogP contribution >= 0.6 is 22.7 Å². The van der Waals surface area contributed by atoms with Gasteiger partial charge in [-0.3, -0.25) is 4.79 Å². The largest absolute Gasteiger partial charge is 0.493 e. The number of ether oxygens (including phenoxy) is 3. The van der Waals surface area contributed by atoms with E-state index in [1.54, 1.807) is 0 Å². The highest BCUT2D eigenvalue weighted by Crippen LogP contribution is 2.35. The molecule has 0 saturated heterocycles. The van der Waals surface area contributed by atoms with E-state index in [-0.39, 0.29) is 19.1 Å². The maximum absolute atomic E-state index is 12.7. The number of carbonyl (C=O) groups excluding carboxylic acids is 1. The zero-order chi connectivity index (χ0) is 23.5. The number of rotatable bonds is 8. The molecule has 9 heteroatoms. The van der Waals surface area contributed by atoms with Crippen LogP contribution in [-0.4, -0.2) is 29.3 Å². The van der Waals surface area contributed by atoms with Crippen molar-refractivity contribution in [2.24, 2.45) is 0 Å². The number of nitrogens with one attached hydrogen (secondary N) is 1. The molecule has 0 unspecified atom stereocenters. The van der Waals surface area contributed by atoms with Crippen molar-refractivity contribution in [3.05, 3.63) is 69.7 Å². The molecule has 0 saturated carbocycles. The molecule has 1 aliphatic rings. The molecule has 0 atom stereocenters. The fourth-order valence-electron chi connectivity index (χ4n) is 3.65. The Balaban J connectivity index is 1.23. The van der Waals surface area contributed by atoms with E-state index in [1.807, 2.05) is 61.7 Å². The molecule has 1 N–H and O–H groups in total. The number of carbonyl (C=O) groups is 1. The maximum Gasteiger partial charge on any atom is 0.232 e. The van der Waals surface area contributed by atoms with Crippen molar-refractivity contribution in [1.82, 2.24) is 9.97 Å². The van der Waals surface area contributed by atoms with Gasteiger partial charge in [-0.2, -0.15) is 0 Å². The Bertz CT molecular complexity index is 1330. The standard InChI is InChI=1S/C25H23N3O4S2/c1-3-30-19-7-5-4-6-18(19)24-27-17(13-33-24)12-23(29)28-25-26-15(2)22(34-25)11-16-8-9-20-21(10-16)32-14-31-20/h4-10,13H,3,11-12,14H2,1-2H3,(H,26,28,29). The number of amides is 1. The van der Waals surface area contributed by atoms with Gasteiger partial charge in [-0.15, -0.1) is 22.7 Å². The smallest absolute Gasteiger partial charge is 0.232 e. The number of anilines is 1. The number of hydrogen-bond acceptors (Lipinski definition) is 8. The third kappa shape index (κ3) is 4.90. The molecule has 5 rings (SSSR count). The highest BCUT2D eigenvalue weighted by Gasteiger charge is 2.17. The molecule has 7 nitrogen and oxygen atoms in total. The third-order valence-corrected chi connectivity index (χ3v) is 7.25. The molecule has 0 aliphatic carbocycles. The Hall–Kier alpha value is -3.43. The minimum absolute atomic E-state index is 0.140. The fraction of sp³-hybridized carbons (Fsp3) is 0.240. The lowest BCUT2D eigenvalue weighted by molar-refractivity contribution is -0.115. The predicted molar refractivity (Wildman–Crippen MR) is 133 cm³/mol. The van der Waals surface area contributed by atoms with Crippen LogP contribution in [0.5, 0.6) is 17.2 Å². The van der Waals surface area contributed by atoms with Gasteiger partial charge in [-0.05, 0) is 43.7 Å². The molecule has 2 aromatic heterocycles. The number of thiazole rings is 2. The van der Waals surface area contributed by atoms with Gasteiger partial charge in [0.25, 0.3) is 0 Å². The van der Waals surface area contributed by atoms with Crippen LogP contribution in [0.4, 0.5) is 5.13 Å². The summed E-state index contributed by atoms with van der Waals surface area (Å²) in [4.78, 5) is 23.0. The molecule has 3 heterocycles. The molecule has 2 aromatic carbocycles. The second-order valence-electron chi connectivity index (χ2n) is 7.69. The number of benzene rings is 2. The molecule has 0 bridgehead atoms. The van der Waals surface area contributed by atoms with Gasteiger partial charge < -0.3 is 19.5 Å². The van der Waals surface area contributed by atoms with Crippen molar-refractivity contribution in [2.45, 2.75) is 26.7 Å². The highest BCUT2D eigenvalue weighted by atomic mass is 32.1. The SMILES string of the molecule is CCOc1ccccc1-c1nc(CC(=O)Nc2nc(C)c(Cc3ccc4c(c3)OCO4)s2)cs1. The molecule has 1 aliphatic heterocycles. The van der Waals surface area contributed by atoms with E-state index in [0.717, 1.165) is 49.6 Å². The van der Waals surface area contributed by atoms with Gasteiger partial charge in [0.2, 0.25) is 12.7 Å². The van der Waals surface area contributed by atoms with Crippen LogP contribution in [0.15, 0.2) is 47.8 Å². The monoisotopic (exact) mass is 493 g/mol. The van der Waals surface area contributed by atoms with Crippen LogP contribution in [0, 0.1) is 6.92 Å². The van der Waals surface area contributed by atoms with Crippen molar-refractivity contribution < 1.29 is 19.0 Å². The molecular formula is C25H23N3O4S2. The van der Waals surface area contributed by atoms with Gasteiger partial charge in [0.15, 0.2) is 16.6 Å². The Kier molecular flexibility index (Phi) is 6.46. The summed E-state index contributed by atoms with van der Waals surface area (Å²) in [6, 6.07) is 13.7. The number of hydrogen-bond donors (Lipinski definition) is 1. The van der Waals surface area contributed by atoms with Crippen LogP contribution in [0.3, 0.4) is 0 Å². The van der Waals surface area contributed by atoms with Gasteiger partial charge in [-0.25, -0.2) is 9.97 Å². The summed E-state index contributed by atoms with van der Waals surface area (Å²) in [5.41, 5.74) is 3.67. The van der Waals surface area contributed by atoms with E-state index in [1.165, 1.54) is 22.7 Å². The predicted octanol–water partition coefficient (Wildman–Crippen LogP) is 5.47. The Labute approximate surface area is 205 Å². The molecule has 174 valence electrons. The summed E-state index contributed by atoms with van der Waals surface area (Å²) in [6.07, 6.45) is 0.897. The quantitative estimate of drug-likeness (QED) is 0.350. The second kappa shape index (κ2) is 9.82. The van der Waals surface area contributed by atoms with E-state index < -0.39 is 0 Å². The van der Waals surface area contributed by atoms with Crippen molar-refractivity contribution in [3.8, 4) is 27.8 Å². The van der Waals surface area contributed by atoms with Gasteiger partial charge in [0, 0.05) is 16.7 Å². The van der Waals surface area contributed by atoms with Crippen LogP contribution in [0.25, 0.3) is 10.6 Å². The normalized spacial score (nSPS) is 12.1. The van der Waals surface area contributed by atoms with Gasteiger partial charge >= 0.3 is 0 Å². The number of aryl methyl sites for hydroxylation is 1. The number of fused-ring (bicyclic) bond motifs is 1. The first kappa shape index (κ1) is 22.4. The summed E-state index contributed by atoms with van der Waals surface area (Å²) >= 11 is 2.99. The molecule has 4 aromatic rings. The Morgan fingerprint density at radius 1 is 1.15 bits per heavy atom. The first-order chi connectivity index (χ1) is 16.6. The number of aromatic nitrogens is 2. The summed E-state index contributed by atoms with van der Waals surface area (Å²) in [7, 11) is 0. The van der Waals surface area contributed by atoms with Crippen molar-refractivity contribution in [1.29, 1.82) is 0 Å². The summed E-state index contributed by atoms with van der Waals surface area (Å²) in [6.45, 7) is 4.75. The molecule has 34 heavy (non-hydrogen) atoms. The lowest BCUT2D eigenvalue weighted by atomic mass is 10.1. The van der Waals surface area contributed by atoms with Crippen LogP contribution < -0.4 is 19.5 Å². The van der Waals surface area contributed by atoms with Gasteiger partial charge in [0.1, 0.15) is 10.8 Å². The van der Waals surface area contributed by atoms with E-state index in [4.69, 9.17) is 14.2 Å². The molecule has 0 radical (unpaired) electrons. The van der Waals surface area contributed by atoms with E-state index in [2.05, 4.69) is 15.3 Å². The van der Waals surface area contributed by atoms with Crippen LogP contribution in [0.2, 0.25) is 0 Å². The molecule has 0 spiro atoms. The van der Waals surface area contributed by atoms with Gasteiger partial charge in [-0.1, -0.05) is 18.2 Å². The van der Waals surface area contributed by atoms with Crippen molar-refractivity contribution in [3.63, 3.8) is 0 Å². The Morgan fingerprint density at radius 2 is 2.00 bits per heavy atom. The average molecular weight is 494 g/mol. The Morgan fingerprint density at radius 3 is 2.88 bits per heavy atom. The lowest BCUT2D eigenvalue weighted by Gasteiger charge is -2.07. The average Bonchev–Trinajstić information content (AvgIpc) is 3.55. The number of nitrogens with zero attached hydrogens (tertiary/aromatic N) is 2. The number of para-hydroxylation sites is 1. The van der Waals surface area contributed by atoms with E-state index in [0.29, 0.717) is 18.2 Å². The molecule has 1 amide bonds. The third-order valence-electron chi connectivity index (χ3n) is 5.25. The molecular weight excluding hydrogens is 470 g/mol. The minimum Gasteiger partial charge on any atom is -0.493 e. The highest BCUT2D eigenvalue weighted by molar-refractivity contribution is 7.16. The van der Waals surface area contributed by atoms with Crippen LogP contribution in [0.1, 0.15) is 28.8 Å². The van der Waals surface area contributed by atoms with Crippen molar-refractivity contribution in [2.75, 3.05) is 18.7 Å². The first-order valence-electron chi connectivity index (χ1n) is 10.9. The molecule has 0 fully saturated rings. The fourth-order valence-corrected chi connectivity index (χ4v) is 5.51. The second-order valence-corrected chi connectivity index (χ2v) is 9.63. The zero-order valence-corrected chi connectivity index (χ0v) is 20.4. The topological polar surface area (TPSA) is 82.6 Å². The van der Waals surface area contributed by atoms with E-state index in [9.17, 15) is 4.79 Å². The minimum atomic E-state index is -0.140. The van der Waals surface area contributed by atoms with Crippen LogP contribution in [-0.2, 0) is 17.6 Å². The van der Waals surface area contributed by atoms with E-state index >= 15 is 0 Å². The maximum atomic E-state index is 12.7.